The van der Waals surface area contributed by atoms with Gasteiger partial charge < -0.3 is 10.6 Å². The highest BCUT2D eigenvalue weighted by atomic mass is 19.4. The molecule has 174 valence electrons. The first-order valence-electron chi connectivity index (χ1n) is 11.2. The third-order valence-electron chi connectivity index (χ3n) is 6.51. The summed E-state index contributed by atoms with van der Waals surface area (Å²) in [6.45, 7) is 7.37. The molecule has 32 heavy (non-hydrogen) atoms. The number of hydrogen-bond acceptors (Lipinski definition) is 4. The number of nitrogens with one attached hydrogen (secondary N) is 2. The summed E-state index contributed by atoms with van der Waals surface area (Å²) in [7, 11) is 0. The highest BCUT2D eigenvalue weighted by molar-refractivity contribution is 5.93. The molecule has 2 aliphatic rings. The van der Waals surface area contributed by atoms with Gasteiger partial charge in [0.2, 0.25) is 5.91 Å². The molecule has 1 fully saturated rings. The summed E-state index contributed by atoms with van der Waals surface area (Å²) in [6.07, 6.45) is -2.95. The lowest BCUT2D eigenvalue weighted by molar-refractivity contribution is -0.173. The molecular weight excluding hydrogens is 419 g/mol. The van der Waals surface area contributed by atoms with Gasteiger partial charge in [-0.15, -0.1) is 0 Å². The third kappa shape index (κ3) is 4.77. The minimum Gasteiger partial charge on any atom is -0.367 e. The Labute approximate surface area is 186 Å². The second-order valence-corrected chi connectivity index (χ2v) is 9.03. The number of carbonyl (C=O) groups is 1. The number of aromatic nitrogens is 2. The van der Waals surface area contributed by atoms with E-state index in [2.05, 4.69) is 15.7 Å². The van der Waals surface area contributed by atoms with Crippen molar-refractivity contribution in [3.05, 3.63) is 41.1 Å². The Hall–Kier alpha value is -2.55. The fourth-order valence-corrected chi connectivity index (χ4v) is 4.62. The molecule has 0 saturated carbocycles. The number of rotatable bonds is 5. The number of amides is 1. The molecule has 0 bridgehead atoms. The van der Waals surface area contributed by atoms with E-state index < -0.39 is 12.2 Å². The van der Waals surface area contributed by atoms with Crippen molar-refractivity contribution in [1.29, 1.82) is 0 Å². The van der Waals surface area contributed by atoms with Crippen LogP contribution in [0.15, 0.2) is 24.3 Å². The number of anilines is 2. The van der Waals surface area contributed by atoms with Gasteiger partial charge in [-0.25, -0.2) is 4.68 Å². The maximum Gasteiger partial charge on any atom is 0.410 e. The largest absolute Gasteiger partial charge is 0.410 e. The van der Waals surface area contributed by atoms with Gasteiger partial charge in [0.05, 0.1) is 12.2 Å². The molecule has 9 heteroatoms. The van der Waals surface area contributed by atoms with Crippen molar-refractivity contribution in [2.45, 2.75) is 64.2 Å². The molecule has 1 amide bonds. The van der Waals surface area contributed by atoms with Crippen molar-refractivity contribution < 1.29 is 18.0 Å². The zero-order valence-electron chi connectivity index (χ0n) is 18.7. The topological polar surface area (TPSA) is 62.2 Å². The number of halogens is 3. The summed E-state index contributed by atoms with van der Waals surface area (Å²) >= 11 is 0. The normalized spacial score (nSPS) is 23.6. The van der Waals surface area contributed by atoms with Crippen LogP contribution >= 0.6 is 0 Å². The van der Waals surface area contributed by atoms with Crippen LogP contribution in [0.3, 0.4) is 0 Å². The van der Waals surface area contributed by atoms with Crippen LogP contribution in [-0.4, -0.2) is 52.4 Å². The van der Waals surface area contributed by atoms with E-state index >= 15 is 0 Å². The van der Waals surface area contributed by atoms with Crippen LogP contribution in [0.1, 0.15) is 55.0 Å². The van der Waals surface area contributed by atoms with E-state index in [1.807, 2.05) is 43.9 Å². The minimum atomic E-state index is -4.33. The molecule has 2 aliphatic heterocycles. The first-order chi connectivity index (χ1) is 15.1. The Bertz CT molecular complexity index is 986. The van der Waals surface area contributed by atoms with E-state index in [1.54, 1.807) is 6.07 Å². The number of hydrogen-bond donors (Lipinski definition) is 2. The third-order valence-corrected chi connectivity index (χ3v) is 6.51. The molecule has 0 unspecified atom stereocenters. The fourth-order valence-electron chi connectivity index (χ4n) is 4.62. The predicted octanol–water partition coefficient (Wildman–Crippen LogP) is 4.63. The highest BCUT2D eigenvalue weighted by Crippen LogP contribution is 2.41. The smallest absolute Gasteiger partial charge is 0.367 e. The molecule has 3 heterocycles. The van der Waals surface area contributed by atoms with Gasteiger partial charge in [0.1, 0.15) is 5.82 Å². The molecule has 1 aromatic heterocycles. The zero-order valence-corrected chi connectivity index (χ0v) is 18.7. The Morgan fingerprint density at radius 1 is 1.28 bits per heavy atom. The highest BCUT2D eigenvalue weighted by Gasteiger charge is 2.46. The molecular formula is C23H30F3N5O. The molecule has 2 aromatic rings. The van der Waals surface area contributed by atoms with Crippen molar-refractivity contribution in [3.8, 4) is 0 Å². The molecule has 1 aromatic carbocycles. The number of alkyl halides is 3. The van der Waals surface area contributed by atoms with Gasteiger partial charge in [0.25, 0.3) is 0 Å². The van der Waals surface area contributed by atoms with E-state index in [-0.39, 0.29) is 30.8 Å². The zero-order chi connectivity index (χ0) is 23.0. The summed E-state index contributed by atoms with van der Waals surface area (Å²) < 4.78 is 41.9. The van der Waals surface area contributed by atoms with Crippen LogP contribution < -0.4 is 10.6 Å². The summed E-state index contributed by atoms with van der Waals surface area (Å²) in [6, 6.07) is 5.86. The van der Waals surface area contributed by atoms with Crippen LogP contribution in [0, 0.1) is 13.8 Å². The summed E-state index contributed by atoms with van der Waals surface area (Å²) in [4.78, 5) is 14.6. The van der Waals surface area contributed by atoms with Crippen molar-refractivity contribution >= 4 is 17.4 Å². The van der Waals surface area contributed by atoms with Crippen LogP contribution in [-0.2, 0) is 4.79 Å². The van der Waals surface area contributed by atoms with Crippen molar-refractivity contribution in [2.75, 3.05) is 30.3 Å². The molecule has 0 radical (unpaired) electrons. The lowest BCUT2D eigenvalue weighted by Gasteiger charge is -2.32. The Kier molecular flexibility index (Phi) is 6.20. The predicted molar refractivity (Wildman–Crippen MR) is 118 cm³/mol. The van der Waals surface area contributed by atoms with E-state index in [0.717, 1.165) is 27.9 Å². The summed E-state index contributed by atoms with van der Waals surface area (Å²) in [5.41, 5.74) is 3.55. The summed E-state index contributed by atoms with van der Waals surface area (Å²) in [5, 5.41) is 10.5. The van der Waals surface area contributed by atoms with E-state index in [0.29, 0.717) is 31.0 Å². The second-order valence-electron chi connectivity index (χ2n) is 9.03. The molecule has 1 saturated heterocycles. The van der Waals surface area contributed by atoms with Gasteiger partial charge in [-0.05, 0) is 56.8 Å². The van der Waals surface area contributed by atoms with Crippen molar-refractivity contribution in [3.63, 3.8) is 0 Å². The monoisotopic (exact) mass is 449 g/mol. The van der Waals surface area contributed by atoms with Gasteiger partial charge in [0.15, 0.2) is 6.04 Å². The fraction of sp³-hybridized carbons (Fsp3) is 0.565. The van der Waals surface area contributed by atoms with Gasteiger partial charge in [-0.2, -0.15) is 18.3 Å². The van der Waals surface area contributed by atoms with E-state index in [9.17, 15) is 18.0 Å². The molecule has 2 N–H and O–H groups in total. The molecule has 6 nitrogen and oxygen atoms in total. The maximum atomic E-state index is 13.6. The van der Waals surface area contributed by atoms with Crippen LogP contribution in [0.2, 0.25) is 0 Å². The Morgan fingerprint density at radius 2 is 2.06 bits per heavy atom. The average Bonchev–Trinajstić information content (AvgIpc) is 3.35. The molecule has 3 atom stereocenters. The van der Waals surface area contributed by atoms with Gasteiger partial charge in [-0.1, -0.05) is 19.1 Å². The Morgan fingerprint density at radius 3 is 2.78 bits per heavy atom. The van der Waals surface area contributed by atoms with E-state index in [1.165, 1.54) is 0 Å². The average molecular weight is 450 g/mol. The molecule has 4 rings (SSSR count). The number of benzene rings is 1. The number of likely N-dealkylation sites (tertiary alicyclic amines) is 1. The lowest BCUT2D eigenvalue weighted by atomic mass is 10.0. The first-order valence-corrected chi connectivity index (χ1v) is 11.2. The molecule has 0 aliphatic carbocycles. The quantitative estimate of drug-likeness (QED) is 0.699. The van der Waals surface area contributed by atoms with Crippen LogP contribution in [0.25, 0.3) is 0 Å². The van der Waals surface area contributed by atoms with Gasteiger partial charge in [-0.3, -0.25) is 9.69 Å². The number of fused-ring (bicyclic) bond motifs is 1. The number of nitrogens with zero attached hydrogens (tertiary/aromatic N) is 3. The number of carbonyl (C=O) groups excluding carboxylic acids is 1. The summed E-state index contributed by atoms with van der Waals surface area (Å²) in [5.74, 6) is 0.358. The second kappa shape index (κ2) is 8.77. The van der Waals surface area contributed by atoms with Crippen LogP contribution in [0.5, 0.6) is 0 Å². The number of aryl methyl sites for hydroxylation is 2. The minimum absolute atomic E-state index is 0.0105. The Balaban J connectivity index is 1.41. The van der Waals surface area contributed by atoms with Crippen molar-refractivity contribution in [2.24, 2.45) is 0 Å². The molecule has 0 spiro atoms. The SMILES string of the molecule is CC[C@@H]1C[C@@H](C(F)(F)F)n2nc([C@@H]3CCN(CC(=O)Nc4cc(C)ccc4C)C3)cc2N1. The van der Waals surface area contributed by atoms with Crippen LogP contribution in [0.4, 0.5) is 24.7 Å². The van der Waals surface area contributed by atoms with E-state index in [4.69, 9.17) is 0 Å². The van der Waals surface area contributed by atoms with Gasteiger partial charge in [0, 0.05) is 30.3 Å². The standard InChI is InChI=1S/C23H30F3N5O/c1-4-17-10-20(23(24,25)26)31-21(27-17)11-19(29-31)16-7-8-30(12-16)13-22(32)28-18-9-14(2)5-6-15(18)3/h5-6,9,11,16-17,20,27H,4,7-8,10,12-13H2,1-3H3,(H,28,32)/t16-,17-,20+/m1/s1. The van der Waals surface area contributed by atoms with Crippen molar-refractivity contribution in [1.82, 2.24) is 14.7 Å². The maximum absolute atomic E-state index is 13.6. The van der Waals surface area contributed by atoms with Gasteiger partial charge >= 0.3 is 6.18 Å². The first kappa shape index (κ1) is 22.6. The lowest BCUT2D eigenvalue weighted by Crippen LogP contribution is -2.38.